The number of halogens is 1. The largest absolute Gasteiger partial charge is 0.488 e. The van der Waals surface area contributed by atoms with Crippen LogP contribution >= 0.6 is 0 Å². The molecule has 0 atom stereocenters. The SMILES string of the molecule is Fc1ccccc1COc1ccc2ccccc2c1CNNc1ccccc1. The van der Waals surface area contributed by atoms with Gasteiger partial charge in [-0.3, -0.25) is 0 Å². The number of benzene rings is 4. The average Bonchev–Trinajstić information content (AvgIpc) is 2.74. The molecule has 0 aromatic heterocycles. The summed E-state index contributed by atoms with van der Waals surface area (Å²) >= 11 is 0. The second-order valence-electron chi connectivity index (χ2n) is 6.49. The van der Waals surface area contributed by atoms with Crippen LogP contribution in [0.1, 0.15) is 11.1 Å². The van der Waals surface area contributed by atoms with Crippen LogP contribution in [0.4, 0.5) is 10.1 Å². The van der Waals surface area contributed by atoms with Gasteiger partial charge in [0.15, 0.2) is 0 Å². The molecule has 0 aliphatic rings. The van der Waals surface area contributed by atoms with Crippen LogP contribution in [0.25, 0.3) is 10.8 Å². The van der Waals surface area contributed by atoms with Gasteiger partial charge in [0, 0.05) is 23.4 Å². The lowest BCUT2D eigenvalue weighted by molar-refractivity contribution is 0.297. The summed E-state index contributed by atoms with van der Waals surface area (Å²) in [6, 6.07) is 28.7. The third-order valence-electron chi connectivity index (χ3n) is 4.61. The van der Waals surface area contributed by atoms with Gasteiger partial charge in [0.2, 0.25) is 0 Å². The molecule has 0 bridgehead atoms. The van der Waals surface area contributed by atoms with E-state index in [0.29, 0.717) is 12.1 Å². The Kier molecular flexibility index (Phi) is 5.50. The molecule has 4 aromatic carbocycles. The first-order chi connectivity index (χ1) is 13.8. The Bertz CT molecular complexity index is 1070. The number of fused-ring (bicyclic) bond motifs is 1. The van der Waals surface area contributed by atoms with Crippen molar-refractivity contribution < 1.29 is 9.13 Å². The molecule has 2 N–H and O–H groups in total. The zero-order valence-electron chi connectivity index (χ0n) is 15.4. The molecule has 28 heavy (non-hydrogen) atoms. The fourth-order valence-electron chi connectivity index (χ4n) is 3.16. The van der Waals surface area contributed by atoms with Crippen molar-refractivity contribution in [2.75, 3.05) is 5.43 Å². The van der Waals surface area contributed by atoms with Crippen LogP contribution in [0.5, 0.6) is 5.75 Å². The van der Waals surface area contributed by atoms with Crippen molar-refractivity contribution in [3.8, 4) is 5.75 Å². The molecule has 0 aliphatic carbocycles. The minimum Gasteiger partial charge on any atom is -0.488 e. The number of hydrogen-bond donors (Lipinski definition) is 2. The molecule has 4 aromatic rings. The van der Waals surface area contributed by atoms with Gasteiger partial charge in [-0.25, -0.2) is 9.82 Å². The van der Waals surface area contributed by atoms with Crippen molar-refractivity contribution in [1.82, 2.24) is 5.43 Å². The Morgan fingerprint density at radius 1 is 0.750 bits per heavy atom. The second kappa shape index (κ2) is 8.55. The smallest absolute Gasteiger partial charge is 0.129 e. The molecule has 140 valence electrons. The normalized spacial score (nSPS) is 10.8. The summed E-state index contributed by atoms with van der Waals surface area (Å²) in [6.07, 6.45) is 0. The maximum absolute atomic E-state index is 13.9. The minimum absolute atomic E-state index is 0.185. The van der Waals surface area contributed by atoms with E-state index in [9.17, 15) is 4.39 Å². The summed E-state index contributed by atoms with van der Waals surface area (Å²) in [5, 5.41) is 2.24. The lowest BCUT2D eigenvalue weighted by Crippen LogP contribution is -2.21. The Balaban J connectivity index is 1.56. The van der Waals surface area contributed by atoms with E-state index in [1.807, 2.05) is 60.7 Å². The zero-order valence-corrected chi connectivity index (χ0v) is 15.4. The van der Waals surface area contributed by atoms with Crippen LogP contribution < -0.4 is 15.6 Å². The summed E-state index contributed by atoms with van der Waals surface area (Å²) in [4.78, 5) is 0. The third kappa shape index (κ3) is 4.13. The molecule has 0 amide bonds. The summed E-state index contributed by atoms with van der Waals surface area (Å²) in [5.41, 5.74) is 9.01. The van der Waals surface area contributed by atoms with E-state index in [4.69, 9.17) is 4.74 Å². The Hall–Kier alpha value is -3.37. The first-order valence-corrected chi connectivity index (χ1v) is 9.22. The topological polar surface area (TPSA) is 33.3 Å². The maximum atomic E-state index is 13.9. The highest BCUT2D eigenvalue weighted by atomic mass is 19.1. The molecule has 3 nitrogen and oxygen atoms in total. The predicted molar refractivity (Wildman–Crippen MR) is 112 cm³/mol. The van der Waals surface area contributed by atoms with Gasteiger partial charge < -0.3 is 10.2 Å². The zero-order chi connectivity index (χ0) is 19.2. The molecular formula is C24H21FN2O. The molecule has 0 saturated heterocycles. The van der Waals surface area contributed by atoms with Crippen molar-refractivity contribution in [2.45, 2.75) is 13.2 Å². The highest BCUT2D eigenvalue weighted by molar-refractivity contribution is 5.87. The number of hydrogen-bond acceptors (Lipinski definition) is 3. The summed E-state index contributed by atoms with van der Waals surface area (Å²) in [6.45, 7) is 0.743. The van der Waals surface area contributed by atoms with Crippen LogP contribution in [0.15, 0.2) is 91.0 Å². The molecule has 0 aliphatic heterocycles. The lowest BCUT2D eigenvalue weighted by Gasteiger charge is -2.16. The van der Waals surface area contributed by atoms with Crippen molar-refractivity contribution in [2.24, 2.45) is 0 Å². The molecule has 0 unspecified atom stereocenters. The van der Waals surface area contributed by atoms with Crippen molar-refractivity contribution in [3.63, 3.8) is 0 Å². The lowest BCUT2D eigenvalue weighted by atomic mass is 10.0. The van der Waals surface area contributed by atoms with E-state index >= 15 is 0 Å². The number of nitrogens with one attached hydrogen (secondary N) is 2. The van der Waals surface area contributed by atoms with Gasteiger partial charge in [-0.05, 0) is 35.0 Å². The number of anilines is 1. The summed E-state index contributed by atoms with van der Waals surface area (Å²) in [5.74, 6) is 0.484. The molecule has 0 fully saturated rings. The second-order valence-corrected chi connectivity index (χ2v) is 6.49. The van der Waals surface area contributed by atoms with E-state index in [1.165, 1.54) is 6.07 Å². The minimum atomic E-state index is -0.256. The fraction of sp³-hybridized carbons (Fsp3) is 0.0833. The van der Waals surface area contributed by atoms with Gasteiger partial charge in [0.25, 0.3) is 0 Å². The highest BCUT2D eigenvalue weighted by Crippen LogP contribution is 2.29. The molecule has 0 radical (unpaired) electrons. The first kappa shape index (κ1) is 18.0. The molecule has 4 heteroatoms. The van der Waals surface area contributed by atoms with Crippen LogP contribution in [-0.4, -0.2) is 0 Å². The molecular weight excluding hydrogens is 351 g/mol. The first-order valence-electron chi connectivity index (χ1n) is 9.22. The van der Waals surface area contributed by atoms with Crippen LogP contribution in [-0.2, 0) is 13.2 Å². The van der Waals surface area contributed by atoms with Gasteiger partial charge in [0.05, 0.1) is 0 Å². The number of ether oxygens (including phenoxy) is 1. The number of para-hydroxylation sites is 1. The van der Waals surface area contributed by atoms with E-state index in [1.54, 1.807) is 12.1 Å². The molecule has 0 heterocycles. The van der Waals surface area contributed by atoms with Crippen molar-refractivity contribution >= 4 is 16.5 Å². The van der Waals surface area contributed by atoms with Crippen LogP contribution in [0.2, 0.25) is 0 Å². The Labute approximate surface area is 163 Å². The van der Waals surface area contributed by atoms with Gasteiger partial charge in [-0.2, -0.15) is 0 Å². The van der Waals surface area contributed by atoms with E-state index in [2.05, 4.69) is 23.0 Å². The predicted octanol–water partition coefficient (Wildman–Crippen LogP) is 5.67. The van der Waals surface area contributed by atoms with Crippen molar-refractivity contribution in [3.05, 3.63) is 108 Å². The number of rotatable bonds is 7. The Morgan fingerprint density at radius 2 is 1.50 bits per heavy atom. The van der Waals surface area contributed by atoms with E-state index in [-0.39, 0.29) is 12.4 Å². The molecule has 4 rings (SSSR count). The third-order valence-corrected chi connectivity index (χ3v) is 4.61. The maximum Gasteiger partial charge on any atom is 0.129 e. The molecule has 0 spiro atoms. The van der Waals surface area contributed by atoms with Crippen molar-refractivity contribution in [1.29, 1.82) is 0 Å². The summed E-state index contributed by atoms with van der Waals surface area (Å²) < 4.78 is 19.9. The number of hydrazine groups is 1. The Morgan fingerprint density at radius 3 is 2.36 bits per heavy atom. The van der Waals surface area contributed by atoms with E-state index in [0.717, 1.165) is 27.8 Å². The van der Waals surface area contributed by atoms with Crippen LogP contribution in [0, 0.1) is 5.82 Å². The quantitative estimate of drug-likeness (QED) is 0.410. The summed E-state index contributed by atoms with van der Waals surface area (Å²) in [7, 11) is 0. The van der Waals surface area contributed by atoms with Crippen LogP contribution in [0.3, 0.4) is 0 Å². The molecule has 0 saturated carbocycles. The van der Waals surface area contributed by atoms with E-state index < -0.39 is 0 Å². The fourth-order valence-corrected chi connectivity index (χ4v) is 3.16. The highest BCUT2D eigenvalue weighted by Gasteiger charge is 2.10. The van der Waals surface area contributed by atoms with Gasteiger partial charge >= 0.3 is 0 Å². The van der Waals surface area contributed by atoms with Gasteiger partial charge in [0.1, 0.15) is 18.2 Å². The monoisotopic (exact) mass is 372 g/mol. The van der Waals surface area contributed by atoms with Gasteiger partial charge in [-0.15, -0.1) is 0 Å². The standard InChI is InChI=1S/C24H21FN2O/c25-23-13-7-5-9-19(23)17-28-24-15-14-18-8-4-6-12-21(18)22(24)16-26-27-20-10-2-1-3-11-20/h1-15,26-27H,16-17H2. The average molecular weight is 372 g/mol. The van der Waals surface area contributed by atoms with Gasteiger partial charge in [-0.1, -0.05) is 66.7 Å².